The van der Waals surface area contributed by atoms with Gasteiger partial charge in [0.1, 0.15) is 11.5 Å². The number of ether oxygens (including phenoxy) is 1. The summed E-state index contributed by atoms with van der Waals surface area (Å²) < 4.78 is 18.1. The first-order valence-corrected chi connectivity index (χ1v) is 11.3. The van der Waals surface area contributed by atoms with Crippen LogP contribution in [0.3, 0.4) is 0 Å². The molecule has 0 fully saturated rings. The van der Waals surface area contributed by atoms with E-state index in [1.54, 1.807) is 60.7 Å². The van der Waals surface area contributed by atoms with Crippen molar-refractivity contribution in [1.29, 1.82) is 0 Å². The van der Waals surface area contributed by atoms with Crippen LogP contribution >= 0.6 is 7.60 Å². The van der Waals surface area contributed by atoms with Crippen molar-refractivity contribution in [2.45, 2.75) is 5.66 Å². The lowest BCUT2D eigenvalue weighted by Gasteiger charge is -2.20. The van der Waals surface area contributed by atoms with Gasteiger partial charge >= 0.3 is 7.60 Å². The second-order valence-corrected chi connectivity index (χ2v) is 8.69. The maximum Gasteiger partial charge on any atom is 0.342 e. The first-order valence-electron chi connectivity index (χ1n) is 9.58. The Kier molecular flexibility index (Phi) is 5.87. The highest BCUT2D eigenvalue weighted by atomic mass is 31.2. The molecule has 0 aliphatic heterocycles. The van der Waals surface area contributed by atoms with E-state index in [1.165, 1.54) is 0 Å². The zero-order chi connectivity index (χ0) is 21.8. The fourth-order valence-electron chi connectivity index (χ4n) is 3.44. The third-order valence-electron chi connectivity index (χ3n) is 4.78. The van der Waals surface area contributed by atoms with Crippen LogP contribution in [-0.4, -0.2) is 15.7 Å². The summed E-state index contributed by atoms with van der Waals surface area (Å²) in [5, 5.41) is 4.04. The molecule has 4 rings (SSSR count). The smallest absolute Gasteiger partial charge is 0.342 e. The molecule has 1 amide bonds. The van der Waals surface area contributed by atoms with Crippen molar-refractivity contribution < 1.29 is 23.9 Å². The zero-order valence-corrected chi connectivity index (χ0v) is 17.3. The highest BCUT2D eigenvalue weighted by Crippen LogP contribution is 2.53. The van der Waals surface area contributed by atoms with Crippen LogP contribution in [0.5, 0.6) is 11.5 Å². The lowest BCUT2D eigenvalue weighted by Crippen LogP contribution is -2.21. The fraction of sp³-hybridized carbons (Fsp3) is 0.0417. The van der Waals surface area contributed by atoms with Crippen LogP contribution in [-0.2, 0) is 9.36 Å². The van der Waals surface area contributed by atoms with Crippen molar-refractivity contribution in [1.82, 2.24) is 0 Å². The predicted octanol–water partition coefficient (Wildman–Crippen LogP) is 5.49. The first kappa shape index (κ1) is 20.8. The lowest BCUT2D eigenvalue weighted by atomic mass is 10.0. The fourth-order valence-corrected chi connectivity index (χ4v) is 4.39. The summed E-state index contributed by atoms with van der Waals surface area (Å²) in [5.41, 5.74) is -0.991. The van der Waals surface area contributed by atoms with Crippen molar-refractivity contribution in [3.05, 3.63) is 103 Å². The molecule has 0 heterocycles. The van der Waals surface area contributed by atoms with Gasteiger partial charge < -0.3 is 19.8 Å². The van der Waals surface area contributed by atoms with E-state index in [1.807, 2.05) is 36.4 Å². The van der Waals surface area contributed by atoms with Crippen LogP contribution in [0, 0.1) is 0 Å². The molecule has 0 aromatic heterocycles. The highest BCUT2D eigenvalue weighted by Gasteiger charge is 2.38. The van der Waals surface area contributed by atoms with E-state index in [9.17, 15) is 19.1 Å². The summed E-state index contributed by atoms with van der Waals surface area (Å²) in [6, 6.07) is 28.1. The van der Waals surface area contributed by atoms with Gasteiger partial charge in [-0.3, -0.25) is 9.36 Å². The molecule has 1 atom stereocenters. The van der Waals surface area contributed by atoms with Crippen LogP contribution in [0.1, 0.15) is 11.2 Å². The van der Waals surface area contributed by atoms with E-state index in [-0.39, 0.29) is 5.56 Å². The normalized spacial score (nSPS) is 12.3. The Morgan fingerprint density at radius 3 is 2.23 bits per heavy atom. The molecule has 0 aliphatic carbocycles. The summed E-state index contributed by atoms with van der Waals surface area (Å²) in [6.45, 7) is 0. The number of anilines is 1. The van der Waals surface area contributed by atoms with Gasteiger partial charge in [-0.05, 0) is 40.6 Å². The summed E-state index contributed by atoms with van der Waals surface area (Å²) >= 11 is 0. The largest absolute Gasteiger partial charge is 0.457 e. The van der Waals surface area contributed by atoms with Crippen molar-refractivity contribution >= 4 is 30.0 Å². The molecule has 31 heavy (non-hydrogen) atoms. The molecule has 156 valence electrons. The molecule has 0 saturated carbocycles. The summed E-state index contributed by atoms with van der Waals surface area (Å²) in [7, 11) is -4.81. The molecule has 6 nitrogen and oxygen atoms in total. The van der Waals surface area contributed by atoms with Gasteiger partial charge in [-0.2, -0.15) is 0 Å². The van der Waals surface area contributed by atoms with E-state index >= 15 is 0 Å². The van der Waals surface area contributed by atoms with Gasteiger partial charge in [-0.1, -0.05) is 66.7 Å². The standard InChI is InChI=1S/C24H20NO5P/c26-24(25-18-10-7-13-20(16-18)30-19-11-2-1-3-12-19)23(31(27,28)29)22-15-6-9-17-8-4-5-14-21(17)22/h1-16,23H,(H,25,26)(H2,27,28,29). The summed E-state index contributed by atoms with van der Waals surface area (Å²) in [4.78, 5) is 33.1. The van der Waals surface area contributed by atoms with E-state index in [4.69, 9.17) is 4.74 Å². The summed E-state index contributed by atoms with van der Waals surface area (Å²) in [5.74, 6) is 0.332. The Bertz CT molecular complexity index is 1260. The molecular formula is C24H20NO5P. The van der Waals surface area contributed by atoms with Crippen molar-refractivity contribution in [3.63, 3.8) is 0 Å². The van der Waals surface area contributed by atoms with Gasteiger partial charge in [0.2, 0.25) is 5.91 Å². The van der Waals surface area contributed by atoms with Crippen LogP contribution in [0.2, 0.25) is 0 Å². The first-order chi connectivity index (χ1) is 14.9. The van der Waals surface area contributed by atoms with Crippen molar-refractivity contribution in [2.24, 2.45) is 0 Å². The van der Waals surface area contributed by atoms with E-state index < -0.39 is 19.2 Å². The Hall–Kier alpha value is -3.44. The SMILES string of the molecule is O=C(Nc1cccc(Oc2ccccc2)c1)C(c1cccc2ccccc12)P(=O)(O)O. The molecule has 0 radical (unpaired) electrons. The maximum absolute atomic E-state index is 13.0. The summed E-state index contributed by atoms with van der Waals surface area (Å²) in [6.07, 6.45) is 0. The number of nitrogens with one attached hydrogen (secondary N) is 1. The average Bonchev–Trinajstić information content (AvgIpc) is 2.74. The molecule has 0 spiro atoms. The number of carbonyl (C=O) groups excluding carboxylic acids is 1. The second kappa shape index (κ2) is 8.74. The lowest BCUT2D eigenvalue weighted by molar-refractivity contribution is -0.116. The zero-order valence-electron chi connectivity index (χ0n) is 16.4. The molecule has 0 bridgehead atoms. The maximum atomic E-state index is 13.0. The highest BCUT2D eigenvalue weighted by molar-refractivity contribution is 7.53. The van der Waals surface area contributed by atoms with E-state index in [0.717, 1.165) is 5.39 Å². The van der Waals surface area contributed by atoms with Gasteiger partial charge in [-0.25, -0.2) is 0 Å². The molecule has 0 saturated heterocycles. The number of hydrogen-bond acceptors (Lipinski definition) is 3. The molecule has 0 aliphatic rings. The van der Waals surface area contributed by atoms with E-state index in [2.05, 4.69) is 5.32 Å². The molecule has 7 heteroatoms. The quantitative estimate of drug-likeness (QED) is 0.350. The monoisotopic (exact) mass is 433 g/mol. The number of fused-ring (bicyclic) bond motifs is 1. The van der Waals surface area contributed by atoms with Crippen molar-refractivity contribution in [3.8, 4) is 11.5 Å². The number of para-hydroxylation sites is 1. The number of benzene rings is 4. The Morgan fingerprint density at radius 1 is 0.806 bits per heavy atom. The third kappa shape index (κ3) is 4.84. The van der Waals surface area contributed by atoms with Crippen LogP contribution in [0.15, 0.2) is 97.1 Å². The molecule has 3 N–H and O–H groups in total. The number of amides is 1. The molecule has 4 aromatic rings. The average molecular weight is 433 g/mol. The van der Waals surface area contributed by atoms with Gasteiger partial charge in [0, 0.05) is 11.8 Å². The topological polar surface area (TPSA) is 95.9 Å². The minimum absolute atomic E-state index is 0.278. The minimum atomic E-state index is -4.81. The number of carbonyl (C=O) groups is 1. The van der Waals surface area contributed by atoms with Gasteiger partial charge in [0.25, 0.3) is 0 Å². The number of hydrogen-bond donors (Lipinski definition) is 3. The molecule has 1 unspecified atom stereocenters. The van der Waals surface area contributed by atoms with E-state index in [0.29, 0.717) is 22.6 Å². The van der Waals surface area contributed by atoms with Crippen LogP contribution in [0.25, 0.3) is 10.8 Å². The Labute approximate surface area is 179 Å². The van der Waals surface area contributed by atoms with Crippen molar-refractivity contribution in [2.75, 3.05) is 5.32 Å². The molecular weight excluding hydrogens is 413 g/mol. The van der Waals surface area contributed by atoms with Crippen LogP contribution in [0.4, 0.5) is 5.69 Å². The van der Waals surface area contributed by atoms with Gasteiger partial charge in [0.05, 0.1) is 0 Å². The van der Waals surface area contributed by atoms with Gasteiger partial charge in [0.15, 0.2) is 5.66 Å². The minimum Gasteiger partial charge on any atom is -0.457 e. The van der Waals surface area contributed by atoms with Gasteiger partial charge in [-0.15, -0.1) is 0 Å². The third-order valence-corrected chi connectivity index (χ3v) is 5.97. The Morgan fingerprint density at radius 2 is 1.45 bits per heavy atom. The number of rotatable bonds is 6. The Balaban J connectivity index is 1.64. The van der Waals surface area contributed by atoms with Crippen LogP contribution < -0.4 is 10.1 Å². The predicted molar refractivity (Wildman–Crippen MR) is 120 cm³/mol. The molecule has 4 aromatic carbocycles. The second-order valence-electron chi connectivity index (χ2n) is 6.99.